The Morgan fingerprint density at radius 1 is 1.53 bits per heavy atom. The number of nitrogens with zero attached hydrogens (tertiary/aromatic N) is 3. The van der Waals surface area contributed by atoms with Gasteiger partial charge in [0, 0.05) is 18.7 Å². The lowest BCUT2D eigenvalue weighted by atomic mass is 9.91. The molecule has 7 heteroatoms. The molecular weight excluding hydrogens is 244 g/mol. The SMILES string of the molecule is Cc1c(NN)ncnc1N1CCCC2C(=O)NCC21. The summed E-state index contributed by atoms with van der Waals surface area (Å²) < 4.78 is 0. The Kier molecular flexibility index (Phi) is 2.98. The van der Waals surface area contributed by atoms with E-state index in [0.29, 0.717) is 12.4 Å². The number of hydrogen-bond acceptors (Lipinski definition) is 6. The number of nitrogen functional groups attached to an aromatic ring is 1. The molecule has 3 rings (SSSR count). The lowest BCUT2D eigenvalue weighted by molar-refractivity contribution is -0.122. The van der Waals surface area contributed by atoms with Crippen molar-refractivity contribution in [1.82, 2.24) is 15.3 Å². The molecule has 2 saturated heterocycles. The van der Waals surface area contributed by atoms with E-state index in [4.69, 9.17) is 5.84 Å². The molecule has 2 aliphatic rings. The quantitative estimate of drug-likeness (QED) is 0.504. The molecule has 1 amide bonds. The Balaban J connectivity index is 1.95. The summed E-state index contributed by atoms with van der Waals surface area (Å²) in [5, 5.41) is 2.95. The van der Waals surface area contributed by atoms with Gasteiger partial charge in [0.25, 0.3) is 0 Å². The highest BCUT2D eigenvalue weighted by molar-refractivity contribution is 5.83. The molecule has 102 valence electrons. The molecule has 1 aromatic heterocycles. The number of anilines is 2. The van der Waals surface area contributed by atoms with Crippen LogP contribution in [0.3, 0.4) is 0 Å². The molecule has 3 heterocycles. The minimum atomic E-state index is 0.0809. The van der Waals surface area contributed by atoms with Crippen molar-refractivity contribution in [3.05, 3.63) is 11.9 Å². The lowest BCUT2D eigenvalue weighted by Crippen LogP contribution is -2.46. The molecule has 19 heavy (non-hydrogen) atoms. The highest BCUT2D eigenvalue weighted by Crippen LogP contribution is 2.33. The normalized spacial score (nSPS) is 26.0. The van der Waals surface area contributed by atoms with Gasteiger partial charge in [-0.05, 0) is 19.8 Å². The van der Waals surface area contributed by atoms with E-state index in [0.717, 1.165) is 30.8 Å². The van der Waals surface area contributed by atoms with E-state index in [2.05, 4.69) is 25.6 Å². The number of rotatable bonds is 2. The van der Waals surface area contributed by atoms with Crippen LogP contribution in [0, 0.1) is 12.8 Å². The Morgan fingerprint density at radius 3 is 3.16 bits per heavy atom. The van der Waals surface area contributed by atoms with Crippen LogP contribution in [0.2, 0.25) is 0 Å². The van der Waals surface area contributed by atoms with Crippen molar-refractivity contribution >= 4 is 17.5 Å². The highest BCUT2D eigenvalue weighted by atomic mass is 16.2. The monoisotopic (exact) mass is 262 g/mol. The van der Waals surface area contributed by atoms with Gasteiger partial charge in [0.2, 0.25) is 5.91 Å². The van der Waals surface area contributed by atoms with Crippen LogP contribution < -0.4 is 21.5 Å². The fraction of sp³-hybridized carbons (Fsp3) is 0.583. The molecule has 0 aromatic carbocycles. The van der Waals surface area contributed by atoms with Crippen LogP contribution in [-0.4, -0.2) is 35.0 Å². The maximum Gasteiger partial charge on any atom is 0.225 e. The van der Waals surface area contributed by atoms with Crippen molar-refractivity contribution in [2.75, 3.05) is 23.4 Å². The van der Waals surface area contributed by atoms with Crippen LogP contribution in [0.15, 0.2) is 6.33 Å². The highest BCUT2D eigenvalue weighted by Gasteiger charge is 2.41. The summed E-state index contributed by atoms with van der Waals surface area (Å²) in [6.45, 7) is 3.55. The van der Waals surface area contributed by atoms with Gasteiger partial charge < -0.3 is 15.6 Å². The maximum absolute atomic E-state index is 11.8. The molecule has 1 aromatic rings. The molecule has 0 bridgehead atoms. The Hall–Kier alpha value is -1.89. The zero-order chi connectivity index (χ0) is 13.4. The number of amides is 1. The smallest absolute Gasteiger partial charge is 0.225 e. The standard InChI is InChI=1S/C12H18N6O/c1-7-10(17-13)15-6-16-11(7)18-4-2-3-8-9(18)5-14-12(8)19/h6,8-9H,2-5,13H2,1H3,(H,14,19)(H,15,16,17). The first-order valence-electron chi connectivity index (χ1n) is 6.55. The van der Waals surface area contributed by atoms with Crippen LogP contribution in [0.1, 0.15) is 18.4 Å². The summed E-state index contributed by atoms with van der Waals surface area (Å²) in [6, 6.07) is 0.195. The van der Waals surface area contributed by atoms with E-state index in [-0.39, 0.29) is 17.9 Å². The van der Waals surface area contributed by atoms with E-state index in [1.165, 1.54) is 6.33 Å². The zero-order valence-electron chi connectivity index (χ0n) is 10.9. The first-order chi connectivity index (χ1) is 9.22. The average molecular weight is 262 g/mol. The largest absolute Gasteiger partial charge is 0.354 e. The fourth-order valence-corrected chi connectivity index (χ4v) is 3.09. The summed E-state index contributed by atoms with van der Waals surface area (Å²) in [5.74, 6) is 7.20. The van der Waals surface area contributed by atoms with Crippen molar-refractivity contribution in [2.45, 2.75) is 25.8 Å². The number of aromatic nitrogens is 2. The minimum Gasteiger partial charge on any atom is -0.354 e. The summed E-state index contributed by atoms with van der Waals surface area (Å²) in [4.78, 5) is 22.5. The molecule has 0 spiro atoms. The predicted molar refractivity (Wildman–Crippen MR) is 71.4 cm³/mol. The number of piperidine rings is 1. The average Bonchev–Trinajstić information content (AvgIpc) is 2.81. The fourth-order valence-electron chi connectivity index (χ4n) is 3.09. The molecule has 7 nitrogen and oxygen atoms in total. The van der Waals surface area contributed by atoms with E-state index in [1.54, 1.807) is 0 Å². The van der Waals surface area contributed by atoms with Gasteiger partial charge >= 0.3 is 0 Å². The van der Waals surface area contributed by atoms with Crippen molar-refractivity contribution in [1.29, 1.82) is 0 Å². The van der Waals surface area contributed by atoms with Crippen LogP contribution in [0.25, 0.3) is 0 Å². The van der Waals surface area contributed by atoms with Crippen molar-refractivity contribution in [3.8, 4) is 0 Å². The van der Waals surface area contributed by atoms with Crippen molar-refractivity contribution < 1.29 is 4.79 Å². The van der Waals surface area contributed by atoms with Crippen molar-refractivity contribution in [3.63, 3.8) is 0 Å². The van der Waals surface area contributed by atoms with E-state index < -0.39 is 0 Å². The summed E-state index contributed by atoms with van der Waals surface area (Å²) >= 11 is 0. The summed E-state index contributed by atoms with van der Waals surface area (Å²) in [7, 11) is 0. The lowest BCUT2D eigenvalue weighted by Gasteiger charge is -2.37. The number of hydrazine groups is 1. The van der Waals surface area contributed by atoms with E-state index in [1.807, 2.05) is 6.92 Å². The van der Waals surface area contributed by atoms with Gasteiger partial charge in [-0.15, -0.1) is 0 Å². The number of nitrogens with one attached hydrogen (secondary N) is 2. The number of nitrogens with two attached hydrogens (primary N) is 1. The van der Waals surface area contributed by atoms with Crippen LogP contribution in [-0.2, 0) is 4.79 Å². The number of fused-ring (bicyclic) bond motifs is 1. The second-order valence-corrected chi connectivity index (χ2v) is 5.07. The Morgan fingerprint density at radius 2 is 2.37 bits per heavy atom. The molecule has 0 aliphatic carbocycles. The summed E-state index contributed by atoms with van der Waals surface area (Å²) in [5.41, 5.74) is 3.50. The van der Waals surface area contributed by atoms with Gasteiger partial charge in [0.15, 0.2) is 0 Å². The van der Waals surface area contributed by atoms with Gasteiger partial charge in [-0.25, -0.2) is 15.8 Å². The van der Waals surface area contributed by atoms with Gasteiger partial charge in [0.1, 0.15) is 18.0 Å². The molecule has 2 atom stereocenters. The van der Waals surface area contributed by atoms with Gasteiger partial charge in [0.05, 0.1) is 12.0 Å². The molecular formula is C12H18N6O. The van der Waals surface area contributed by atoms with E-state index >= 15 is 0 Å². The molecule has 2 fully saturated rings. The summed E-state index contributed by atoms with van der Waals surface area (Å²) in [6.07, 6.45) is 3.47. The van der Waals surface area contributed by atoms with Crippen molar-refractivity contribution in [2.24, 2.45) is 11.8 Å². The van der Waals surface area contributed by atoms with Crippen LogP contribution >= 0.6 is 0 Å². The molecule has 0 radical (unpaired) electrons. The Labute approximate surface area is 111 Å². The molecule has 4 N–H and O–H groups in total. The topological polar surface area (TPSA) is 96.2 Å². The van der Waals surface area contributed by atoms with Gasteiger partial charge in [-0.2, -0.15) is 0 Å². The third-order valence-electron chi connectivity index (χ3n) is 4.07. The first-order valence-corrected chi connectivity index (χ1v) is 6.55. The third kappa shape index (κ3) is 1.90. The predicted octanol–water partition coefficient (Wildman–Crippen LogP) is -0.215. The maximum atomic E-state index is 11.8. The molecule has 2 aliphatic heterocycles. The van der Waals surface area contributed by atoms with Crippen LogP contribution in [0.5, 0.6) is 0 Å². The minimum absolute atomic E-state index is 0.0809. The van der Waals surface area contributed by atoms with E-state index in [9.17, 15) is 4.79 Å². The molecule has 2 unspecified atom stereocenters. The Bertz CT molecular complexity index is 505. The second-order valence-electron chi connectivity index (χ2n) is 5.07. The van der Waals surface area contributed by atoms with Gasteiger partial charge in [-0.1, -0.05) is 0 Å². The van der Waals surface area contributed by atoms with Crippen LogP contribution in [0.4, 0.5) is 11.6 Å². The number of carbonyl (C=O) groups is 1. The zero-order valence-corrected chi connectivity index (χ0v) is 10.9. The second kappa shape index (κ2) is 4.65. The molecule has 0 saturated carbocycles. The van der Waals surface area contributed by atoms with Gasteiger partial charge in [-0.3, -0.25) is 4.79 Å². The third-order valence-corrected chi connectivity index (χ3v) is 4.07. The first kappa shape index (κ1) is 12.2. The number of hydrogen-bond donors (Lipinski definition) is 3. The number of carbonyl (C=O) groups excluding carboxylic acids is 1.